The molecule has 10 rings (SSSR count). The summed E-state index contributed by atoms with van der Waals surface area (Å²) in [5.41, 5.74) is 11.6. The van der Waals surface area contributed by atoms with Crippen LogP contribution in [0.25, 0.3) is 43.6 Å². The van der Waals surface area contributed by atoms with E-state index in [9.17, 15) is 24.0 Å². The SMILES string of the molecule is CC(C)C[C@@H](NC(=O)[C@H](Cc1c[nH]c2ccccc12)NC(=O)[C@@H](CC(C)C)NC(=O)[C@H](Cc1c[nH]c2ccccc12)NC(=O)[C@@H](CC(C)C)NC(=O)[C@H](Cc1c[nH]c2ccccc12)NC(=O)[C@H](NC(=O)[C@@H](NC(=O)[C@H](NC(=O)[C@H](C)N)C(C)C)C(C)C)C(C)C)C(=O)N[C@@H](Cc1c[nH]c2ccccc12)C(=O)NCCO[Si](c1ccccc1)(c1ccccc1)C(C)(C)C. The predicted octanol–water partition coefficient (Wildman–Crippen LogP) is 8.88. The van der Waals surface area contributed by atoms with Gasteiger partial charge in [-0.3, -0.25) is 52.7 Å². The van der Waals surface area contributed by atoms with Crippen molar-refractivity contribution in [3.8, 4) is 0 Å². The Morgan fingerprint density at radius 3 is 0.835 bits per heavy atom. The van der Waals surface area contributed by atoms with Crippen LogP contribution in [0, 0.1) is 35.5 Å². The summed E-state index contributed by atoms with van der Waals surface area (Å²) in [7, 11) is -3.02. The normalized spacial score (nSPS) is 14.6. The summed E-state index contributed by atoms with van der Waals surface area (Å²) in [6.45, 7) is 29.9. The lowest BCUT2D eigenvalue weighted by Gasteiger charge is -2.43. The van der Waals surface area contributed by atoms with Gasteiger partial charge in [-0.05, 0) is 124 Å². The second-order valence-electron chi connectivity index (χ2n) is 36.9. The first-order chi connectivity index (χ1) is 60.4. The topological polar surface area (TPSA) is 419 Å². The second-order valence-corrected chi connectivity index (χ2v) is 41.2. The van der Waals surface area contributed by atoms with Crippen LogP contribution in [0.3, 0.4) is 0 Å². The van der Waals surface area contributed by atoms with Gasteiger partial charge in [0, 0.05) is 101 Å². The van der Waals surface area contributed by atoms with Crippen LogP contribution >= 0.6 is 0 Å². The quantitative estimate of drug-likeness (QED) is 0.0125. The van der Waals surface area contributed by atoms with Crippen LogP contribution in [0.4, 0.5) is 0 Å². The van der Waals surface area contributed by atoms with E-state index >= 15 is 28.8 Å². The van der Waals surface area contributed by atoms with Gasteiger partial charge in [-0.25, -0.2) is 0 Å². The van der Waals surface area contributed by atoms with E-state index in [0.717, 1.165) is 59.5 Å². The number of aromatic nitrogens is 4. The number of amides is 11. The fourth-order valence-corrected chi connectivity index (χ4v) is 21.1. The molecule has 29 heteroatoms. The smallest absolute Gasteiger partial charge is 0.261 e. The Balaban J connectivity index is 0.910. The zero-order valence-corrected chi connectivity index (χ0v) is 77.0. The van der Waals surface area contributed by atoms with Crippen molar-refractivity contribution >= 4 is 127 Å². The summed E-state index contributed by atoms with van der Waals surface area (Å²) in [6, 6.07) is 36.6. The number of nitrogens with one attached hydrogen (secondary N) is 15. The van der Waals surface area contributed by atoms with Crippen LogP contribution in [0.1, 0.15) is 152 Å². The Morgan fingerprint density at radius 1 is 0.315 bits per heavy atom. The van der Waals surface area contributed by atoms with Gasteiger partial charge in [-0.15, -0.1) is 0 Å². The van der Waals surface area contributed by atoms with Crippen molar-refractivity contribution in [3.63, 3.8) is 0 Å². The molecule has 0 radical (unpaired) electrons. The molecule has 0 fully saturated rings. The summed E-state index contributed by atoms with van der Waals surface area (Å²) in [5, 5.41) is 37.2. The molecule has 17 N–H and O–H groups in total. The van der Waals surface area contributed by atoms with E-state index < -0.39 is 158 Å². The second kappa shape index (κ2) is 44.3. The van der Waals surface area contributed by atoms with Crippen LogP contribution in [-0.4, -0.2) is 173 Å². The summed E-state index contributed by atoms with van der Waals surface area (Å²) in [5.74, 6) is -9.78. The molecule has 0 spiro atoms. The van der Waals surface area contributed by atoms with E-state index in [2.05, 4.69) is 123 Å². The third-order valence-corrected chi connectivity index (χ3v) is 28.3. The lowest BCUT2D eigenvalue weighted by molar-refractivity contribution is -0.137. The molecule has 0 aliphatic heterocycles. The van der Waals surface area contributed by atoms with Crippen LogP contribution < -0.4 is 74.6 Å². The molecule has 6 aromatic carbocycles. The molecule has 11 atom stereocenters. The summed E-state index contributed by atoms with van der Waals surface area (Å²) in [6.07, 6.45) is 6.95. The maximum absolute atomic E-state index is 15.7. The van der Waals surface area contributed by atoms with Gasteiger partial charge in [-0.1, -0.05) is 237 Å². The average molecular weight is 1750 g/mol. The minimum absolute atomic E-state index is 0.0341. The molecule has 0 saturated heterocycles. The Labute approximate surface area is 745 Å². The van der Waals surface area contributed by atoms with Crippen molar-refractivity contribution in [1.29, 1.82) is 0 Å². The van der Waals surface area contributed by atoms with Gasteiger partial charge in [0.2, 0.25) is 65.0 Å². The lowest BCUT2D eigenvalue weighted by atomic mass is 9.97. The van der Waals surface area contributed by atoms with E-state index in [1.54, 1.807) is 60.1 Å². The van der Waals surface area contributed by atoms with Crippen molar-refractivity contribution in [2.24, 2.45) is 41.2 Å². The number of carbonyl (C=O) groups is 11. The highest BCUT2D eigenvalue weighted by atomic mass is 28.4. The van der Waals surface area contributed by atoms with Crippen molar-refractivity contribution in [3.05, 3.63) is 205 Å². The molecular weight excluding hydrogens is 1620 g/mol. The Hall–Kier alpha value is -12.2. The zero-order chi connectivity index (χ0) is 92.1. The van der Waals surface area contributed by atoms with Gasteiger partial charge in [0.1, 0.15) is 60.4 Å². The van der Waals surface area contributed by atoms with Gasteiger partial charge in [0.15, 0.2) is 0 Å². The molecule has 0 unspecified atom stereocenters. The van der Waals surface area contributed by atoms with Crippen molar-refractivity contribution in [2.75, 3.05) is 13.2 Å². The maximum atomic E-state index is 15.7. The fourth-order valence-electron chi connectivity index (χ4n) is 16.6. The fraction of sp³-hybridized carbons (Fsp3) is 0.439. The highest BCUT2D eigenvalue weighted by molar-refractivity contribution is 6.99. The molecular formula is C98H130N16O12Si. The van der Waals surface area contributed by atoms with Gasteiger partial charge < -0.3 is 88.6 Å². The molecule has 10 aromatic rings. The number of para-hydroxylation sites is 4. The van der Waals surface area contributed by atoms with E-state index in [0.29, 0.717) is 16.7 Å². The monoisotopic (exact) mass is 1750 g/mol. The standard InChI is InChI=1S/C98H130N16O12Si/c1-56(2)45-77(89(117)108-80(48-63-52-101-73-39-27-23-35-69(63)73)88(116)100-43-44-126-127(98(14,15)16,67-31-19-17-20-32-67)68-33-21-18-22-34-68)105-92(120)81(49-64-53-102-74-40-28-24-36-70(64)74)109-90(118)78(46-57(3)4)106-93(121)82(50-65-54-103-75-41-29-25-37-71(65)75)110-91(119)79(47-58(5)6)107-94(122)83(51-66-55-104-76-42-30-26-38-72(66)76)111-95(123)84(59(7)8)113-97(125)86(61(11)12)114-96(124)85(60(9)10)112-87(115)62(13)99/h17-42,52-62,77-86,101-104H,43-51,99H2,1-16H3,(H,100,116)(H,105,120)(H,106,121)(H,107,122)(H,108,117)(H,109,118)(H,110,119)(H,111,123)(H,112,115)(H,113,125)(H,114,124)/t62-,77+,78+,79+,80-,81-,82-,83-,84+,85+,86-/m0/s1. The third kappa shape index (κ3) is 25.4. The van der Waals surface area contributed by atoms with Crippen LogP contribution in [-0.2, 0) is 82.8 Å². The first kappa shape index (κ1) is 97.0. The minimum atomic E-state index is -3.02. The van der Waals surface area contributed by atoms with Crippen molar-refractivity contribution < 1.29 is 57.2 Å². The molecule has 11 amide bonds. The van der Waals surface area contributed by atoms with E-state index in [-0.39, 0.29) is 80.9 Å². The highest BCUT2D eigenvalue weighted by Gasteiger charge is 2.50. The minimum Gasteiger partial charge on any atom is -0.406 e. The van der Waals surface area contributed by atoms with E-state index in [4.69, 9.17) is 10.2 Å². The molecule has 678 valence electrons. The number of benzene rings is 6. The summed E-state index contributed by atoms with van der Waals surface area (Å²) >= 11 is 0. The molecule has 4 aromatic heterocycles. The predicted molar refractivity (Wildman–Crippen MR) is 500 cm³/mol. The summed E-state index contributed by atoms with van der Waals surface area (Å²) in [4.78, 5) is 177. The number of hydrogen-bond donors (Lipinski definition) is 16. The Kier molecular flexibility index (Phi) is 33.8. The molecule has 0 aliphatic carbocycles. The van der Waals surface area contributed by atoms with Gasteiger partial charge >= 0.3 is 0 Å². The number of nitrogens with two attached hydrogens (primary N) is 1. The zero-order valence-electron chi connectivity index (χ0n) is 76.0. The van der Waals surface area contributed by atoms with Gasteiger partial charge in [0.25, 0.3) is 8.32 Å². The first-order valence-corrected chi connectivity index (χ1v) is 46.3. The number of H-pyrrole nitrogens is 4. The number of rotatable bonds is 44. The summed E-state index contributed by atoms with van der Waals surface area (Å²) < 4.78 is 7.16. The molecule has 0 saturated carbocycles. The molecule has 127 heavy (non-hydrogen) atoms. The number of fused-ring (bicyclic) bond motifs is 4. The van der Waals surface area contributed by atoms with Crippen LogP contribution in [0.15, 0.2) is 183 Å². The highest BCUT2D eigenvalue weighted by Crippen LogP contribution is 2.37. The average Bonchev–Trinajstić information content (AvgIpc) is 1.73. The van der Waals surface area contributed by atoms with Crippen LogP contribution in [0.5, 0.6) is 0 Å². The molecule has 0 bridgehead atoms. The first-order valence-electron chi connectivity index (χ1n) is 44.4. The molecule has 0 aliphatic rings. The van der Waals surface area contributed by atoms with Gasteiger partial charge in [0.05, 0.1) is 12.6 Å². The van der Waals surface area contributed by atoms with E-state index in [1.165, 1.54) is 6.92 Å². The largest absolute Gasteiger partial charge is 0.406 e. The molecule has 28 nitrogen and oxygen atoms in total. The molecule has 4 heterocycles. The Morgan fingerprint density at radius 2 is 0.559 bits per heavy atom. The van der Waals surface area contributed by atoms with Crippen molar-refractivity contribution in [1.82, 2.24) is 78.4 Å². The maximum Gasteiger partial charge on any atom is 0.261 e. The van der Waals surface area contributed by atoms with Crippen LogP contribution in [0.2, 0.25) is 5.04 Å². The van der Waals surface area contributed by atoms with Gasteiger partial charge in [-0.2, -0.15) is 0 Å². The number of carbonyl (C=O) groups excluding carboxylic acids is 11. The van der Waals surface area contributed by atoms with E-state index in [1.807, 2.05) is 181 Å². The third-order valence-electron chi connectivity index (χ3n) is 23.2. The Bertz CT molecular complexity index is 5390. The number of hydrogen-bond acceptors (Lipinski definition) is 13. The number of aromatic amines is 4. The van der Waals surface area contributed by atoms with Crippen molar-refractivity contribution in [2.45, 2.75) is 227 Å². The lowest BCUT2D eigenvalue weighted by Crippen LogP contribution is -2.67.